The van der Waals surface area contributed by atoms with Crippen LogP contribution in [0.25, 0.3) is 6.08 Å². The van der Waals surface area contributed by atoms with Crippen molar-refractivity contribution in [2.45, 2.75) is 38.5 Å². The third-order valence-electron chi connectivity index (χ3n) is 5.70. The van der Waals surface area contributed by atoms with Gasteiger partial charge >= 0.3 is 0 Å². The van der Waals surface area contributed by atoms with E-state index in [-0.39, 0.29) is 12.3 Å². The maximum absolute atomic E-state index is 6.36. The Bertz CT molecular complexity index is 987. The lowest BCUT2D eigenvalue weighted by molar-refractivity contribution is -0.611. The highest BCUT2D eigenvalue weighted by atomic mass is 16.5. The van der Waals surface area contributed by atoms with Crippen LogP contribution in [-0.2, 0) is 9.47 Å². The number of hydrogen-bond acceptors (Lipinski definition) is 8. The third kappa shape index (κ3) is 6.96. The number of nitrogens with two attached hydrogens (primary N) is 1. The van der Waals surface area contributed by atoms with Gasteiger partial charge in [-0.25, -0.2) is 4.98 Å². The lowest BCUT2D eigenvalue weighted by Gasteiger charge is -2.29. The van der Waals surface area contributed by atoms with Crippen molar-refractivity contribution in [3.63, 3.8) is 0 Å². The van der Waals surface area contributed by atoms with Gasteiger partial charge in [-0.3, -0.25) is 10.3 Å². The first-order chi connectivity index (χ1) is 16.4. The standard InChI is InChI=1S/C24H36N8O2/c1-6-19-20(7-8-22(28-19)30-24-11-17(16(2)3)13-27-31-24)29-23(26-4)12-21(25)32-14-18(15-32)34-10-9-33-5/h6-8,11,13,16,18,23,25-26H,1,9-10,12,14-15H2,2-5H3,(H2,27,28,29,30,31)/p+1. The lowest BCUT2D eigenvalue weighted by Crippen LogP contribution is -2.52. The molecule has 0 spiro atoms. The van der Waals surface area contributed by atoms with Crippen LogP contribution in [0.4, 0.5) is 17.3 Å². The summed E-state index contributed by atoms with van der Waals surface area (Å²) in [6.07, 6.45) is 4.27. The Morgan fingerprint density at radius 1 is 1.29 bits per heavy atom. The summed E-state index contributed by atoms with van der Waals surface area (Å²) in [5, 5.41) is 18.2. The number of rotatable bonds is 13. The minimum Gasteiger partial charge on any atom is -0.382 e. The van der Waals surface area contributed by atoms with Crippen LogP contribution in [0.2, 0.25) is 0 Å². The zero-order valence-corrected chi connectivity index (χ0v) is 20.5. The second kappa shape index (κ2) is 12.4. The van der Waals surface area contributed by atoms with E-state index in [4.69, 9.17) is 15.2 Å². The smallest absolute Gasteiger partial charge is 0.246 e. The van der Waals surface area contributed by atoms with Gasteiger partial charge in [0.2, 0.25) is 5.84 Å². The van der Waals surface area contributed by atoms with Crippen LogP contribution in [0.15, 0.2) is 31.0 Å². The highest BCUT2D eigenvalue weighted by Crippen LogP contribution is 2.22. The van der Waals surface area contributed by atoms with Crippen molar-refractivity contribution in [2.24, 2.45) is 5.73 Å². The molecule has 5 N–H and O–H groups in total. The summed E-state index contributed by atoms with van der Waals surface area (Å²) in [6.45, 7) is 11.0. The van der Waals surface area contributed by atoms with Gasteiger partial charge in [0.25, 0.3) is 0 Å². The molecule has 0 amide bonds. The fourth-order valence-corrected chi connectivity index (χ4v) is 3.54. The van der Waals surface area contributed by atoms with Crippen molar-refractivity contribution in [3.05, 3.63) is 42.2 Å². The van der Waals surface area contributed by atoms with Gasteiger partial charge in [-0.15, -0.1) is 5.10 Å². The van der Waals surface area contributed by atoms with Crippen LogP contribution >= 0.6 is 0 Å². The largest absolute Gasteiger partial charge is 0.382 e. The molecule has 0 aliphatic carbocycles. The lowest BCUT2D eigenvalue weighted by atomic mass is 10.1. The highest BCUT2D eigenvalue weighted by Gasteiger charge is 2.30. The summed E-state index contributed by atoms with van der Waals surface area (Å²) >= 11 is 0. The molecule has 2 aromatic heterocycles. The molecule has 3 rings (SSSR count). The molecule has 1 atom stereocenters. The van der Waals surface area contributed by atoms with Crippen LogP contribution in [0.1, 0.15) is 37.4 Å². The molecule has 1 fully saturated rings. The number of anilines is 3. The van der Waals surface area contributed by atoms with Crippen LogP contribution < -0.4 is 21.7 Å². The zero-order chi connectivity index (χ0) is 24.5. The SMILES string of the molecule is C=Cc1nc(Nc2cc(C(C)C)cnn2)ccc1NC(CC(N)=[N+]1CC(OCCOC)C1)NC. The van der Waals surface area contributed by atoms with E-state index in [1.807, 2.05) is 25.2 Å². The van der Waals surface area contributed by atoms with Crippen molar-refractivity contribution >= 4 is 29.2 Å². The summed E-state index contributed by atoms with van der Waals surface area (Å²) in [7, 11) is 3.57. The molecule has 0 aromatic carbocycles. The first-order valence-corrected chi connectivity index (χ1v) is 11.6. The van der Waals surface area contributed by atoms with E-state index in [0.29, 0.717) is 37.2 Å². The number of nitrogens with one attached hydrogen (secondary N) is 3. The quantitative estimate of drug-likeness (QED) is 0.151. The molecule has 184 valence electrons. The number of pyridine rings is 1. The molecular weight excluding hydrogens is 432 g/mol. The molecule has 0 saturated carbocycles. The molecule has 1 aliphatic rings. The van der Waals surface area contributed by atoms with Crippen LogP contribution in [0.3, 0.4) is 0 Å². The minimum atomic E-state index is -0.0682. The molecule has 34 heavy (non-hydrogen) atoms. The van der Waals surface area contributed by atoms with Crippen molar-refractivity contribution in [2.75, 3.05) is 51.1 Å². The number of amidine groups is 1. The van der Waals surface area contributed by atoms with Crippen molar-refractivity contribution in [1.29, 1.82) is 0 Å². The number of ether oxygens (including phenoxy) is 2. The number of aromatic nitrogens is 3. The van der Waals surface area contributed by atoms with Crippen molar-refractivity contribution in [3.8, 4) is 0 Å². The van der Waals surface area contributed by atoms with E-state index in [9.17, 15) is 0 Å². The van der Waals surface area contributed by atoms with E-state index in [0.717, 1.165) is 35.9 Å². The fourth-order valence-electron chi connectivity index (χ4n) is 3.54. The second-order valence-electron chi connectivity index (χ2n) is 8.56. The first-order valence-electron chi connectivity index (χ1n) is 11.6. The molecule has 10 nitrogen and oxygen atoms in total. The molecule has 1 unspecified atom stereocenters. The number of hydrogen-bond donors (Lipinski definition) is 4. The van der Waals surface area contributed by atoms with Crippen LogP contribution in [-0.4, -0.2) is 78.3 Å². The topological polar surface area (TPSA) is 122 Å². The van der Waals surface area contributed by atoms with E-state index < -0.39 is 0 Å². The predicted octanol–water partition coefficient (Wildman–Crippen LogP) is 2.14. The van der Waals surface area contributed by atoms with Gasteiger partial charge in [0.05, 0.1) is 43.4 Å². The van der Waals surface area contributed by atoms with E-state index in [1.165, 1.54) is 0 Å². The van der Waals surface area contributed by atoms with Crippen molar-refractivity contribution < 1.29 is 14.0 Å². The third-order valence-corrected chi connectivity index (χ3v) is 5.70. The van der Waals surface area contributed by atoms with Gasteiger partial charge in [0.1, 0.15) is 25.0 Å². The summed E-state index contributed by atoms with van der Waals surface area (Å²) in [5.41, 5.74) is 9.06. The average Bonchev–Trinajstić information content (AvgIpc) is 2.80. The predicted molar refractivity (Wildman–Crippen MR) is 136 cm³/mol. The Morgan fingerprint density at radius 2 is 2.09 bits per heavy atom. The fraction of sp³-hybridized carbons (Fsp3) is 0.500. The molecule has 1 saturated heterocycles. The Hall–Kier alpha value is -3.08. The van der Waals surface area contributed by atoms with Gasteiger partial charge in [0, 0.05) is 7.11 Å². The Kier molecular flexibility index (Phi) is 9.32. The van der Waals surface area contributed by atoms with E-state index >= 15 is 0 Å². The Balaban J connectivity index is 1.61. The summed E-state index contributed by atoms with van der Waals surface area (Å²) in [6, 6.07) is 5.85. The molecule has 1 aliphatic heterocycles. The molecule has 10 heteroatoms. The first kappa shape index (κ1) is 25.5. The molecule has 0 bridgehead atoms. The van der Waals surface area contributed by atoms with Crippen LogP contribution in [0, 0.1) is 0 Å². The number of methoxy groups -OCH3 is 1. The van der Waals surface area contributed by atoms with Gasteiger partial charge in [-0.2, -0.15) is 5.10 Å². The summed E-state index contributed by atoms with van der Waals surface area (Å²) in [5.74, 6) is 2.51. The molecule has 2 aromatic rings. The highest BCUT2D eigenvalue weighted by molar-refractivity contribution is 5.77. The number of nitrogens with zero attached hydrogens (tertiary/aromatic N) is 4. The summed E-state index contributed by atoms with van der Waals surface area (Å²) < 4.78 is 12.9. The van der Waals surface area contributed by atoms with Gasteiger partial charge < -0.3 is 25.4 Å². The minimum absolute atomic E-state index is 0.0682. The maximum atomic E-state index is 6.36. The summed E-state index contributed by atoms with van der Waals surface area (Å²) in [4.78, 5) is 4.67. The van der Waals surface area contributed by atoms with Gasteiger partial charge in [-0.1, -0.05) is 20.4 Å². The Labute approximate surface area is 201 Å². The molecule has 0 radical (unpaired) electrons. The molecular formula is C24H37N8O2+. The van der Waals surface area contributed by atoms with Crippen molar-refractivity contribution in [1.82, 2.24) is 20.5 Å². The average molecular weight is 470 g/mol. The van der Waals surface area contributed by atoms with Crippen LogP contribution in [0.5, 0.6) is 0 Å². The normalized spacial score (nSPS) is 16.1. The Morgan fingerprint density at radius 3 is 2.76 bits per heavy atom. The molecule has 3 heterocycles. The monoisotopic (exact) mass is 469 g/mol. The van der Waals surface area contributed by atoms with E-state index in [1.54, 1.807) is 19.4 Å². The van der Waals surface area contributed by atoms with E-state index in [2.05, 4.69) is 56.1 Å². The van der Waals surface area contributed by atoms with Gasteiger partial charge in [-0.05, 0) is 42.8 Å². The maximum Gasteiger partial charge on any atom is 0.246 e. The second-order valence-corrected chi connectivity index (χ2v) is 8.56. The van der Waals surface area contributed by atoms with Gasteiger partial charge in [0.15, 0.2) is 5.82 Å². The zero-order valence-electron chi connectivity index (χ0n) is 20.5.